The third kappa shape index (κ3) is 4.28. The summed E-state index contributed by atoms with van der Waals surface area (Å²) in [5.74, 6) is -0.629. The van der Waals surface area contributed by atoms with Crippen molar-refractivity contribution < 1.29 is 23.6 Å². The van der Waals surface area contributed by atoms with Crippen molar-refractivity contribution in [1.29, 1.82) is 0 Å². The number of halogens is 1. The molecule has 0 aliphatic heterocycles. The van der Waals surface area contributed by atoms with Crippen LogP contribution in [0.1, 0.15) is 24.3 Å². The monoisotopic (exact) mass is 458 g/mol. The van der Waals surface area contributed by atoms with Gasteiger partial charge in [0.2, 0.25) is 0 Å². The molecule has 9 nitrogen and oxygen atoms in total. The van der Waals surface area contributed by atoms with Crippen molar-refractivity contribution >= 4 is 33.2 Å². The number of esters is 1. The Morgan fingerprint density at radius 3 is 2.59 bits per heavy atom. The van der Waals surface area contributed by atoms with Gasteiger partial charge in [0, 0.05) is 25.4 Å². The number of nitro groups is 1. The molecule has 0 fully saturated rings. The second-order valence-corrected chi connectivity index (χ2v) is 7.18. The third-order valence-corrected chi connectivity index (χ3v) is 5.46. The molecule has 0 unspecified atom stereocenters. The molecule has 0 saturated carbocycles. The summed E-state index contributed by atoms with van der Waals surface area (Å²) in [6.07, 6.45) is 2.93. The summed E-state index contributed by atoms with van der Waals surface area (Å²) in [7, 11) is 2.98. The number of thiophene rings is 1. The first-order valence-electron chi connectivity index (χ1n) is 9.49. The number of aromatic nitrogens is 3. The molecule has 11 heteroatoms. The normalized spacial score (nSPS) is 10.4. The Morgan fingerprint density at radius 2 is 1.94 bits per heavy atom. The zero-order valence-corrected chi connectivity index (χ0v) is 18.5. The van der Waals surface area contributed by atoms with Crippen LogP contribution >= 0.6 is 11.3 Å². The van der Waals surface area contributed by atoms with Crippen molar-refractivity contribution in [2.75, 3.05) is 7.11 Å². The molecule has 0 aliphatic carbocycles. The van der Waals surface area contributed by atoms with Crippen LogP contribution in [0.15, 0.2) is 42.7 Å². The van der Waals surface area contributed by atoms with Crippen molar-refractivity contribution in [3.63, 3.8) is 0 Å². The molecule has 4 aromatic rings. The zero-order valence-electron chi connectivity index (χ0n) is 17.7. The number of ether oxygens (including phenoxy) is 2. The van der Waals surface area contributed by atoms with E-state index >= 15 is 0 Å². The molecule has 0 bridgehead atoms. The Morgan fingerprint density at radius 1 is 1.19 bits per heavy atom. The molecule has 0 spiro atoms. The van der Waals surface area contributed by atoms with E-state index in [-0.39, 0.29) is 11.4 Å². The maximum Gasteiger partial charge on any atom is 0.356 e. The van der Waals surface area contributed by atoms with Crippen molar-refractivity contribution in [3.8, 4) is 22.2 Å². The fourth-order valence-electron chi connectivity index (χ4n) is 2.84. The van der Waals surface area contributed by atoms with E-state index in [1.165, 1.54) is 43.0 Å². The minimum Gasteiger partial charge on any atom is -0.464 e. The van der Waals surface area contributed by atoms with Gasteiger partial charge >= 0.3 is 5.97 Å². The Bertz CT molecular complexity index is 1300. The van der Waals surface area contributed by atoms with E-state index in [9.17, 15) is 19.3 Å². The van der Waals surface area contributed by atoms with E-state index in [0.717, 1.165) is 10.9 Å². The van der Waals surface area contributed by atoms with Crippen LogP contribution in [0.25, 0.3) is 20.9 Å². The van der Waals surface area contributed by atoms with Crippen LogP contribution in [0.2, 0.25) is 0 Å². The SMILES string of the molecule is CC.COC(=O)c1cnc(-c2cc3nccc(Oc4ccc([N+](=O)[O-])cc4F)c3s2)n1C. The van der Waals surface area contributed by atoms with Crippen LogP contribution in [-0.2, 0) is 11.8 Å². The lowest BCUT2D eigenvalue weighted by atomic mass is 10.3. The molecule has 166 valence electrons. The highest BCUT2D eigenvalue weighted by atomic mass is 32.1. The van der Waals surface area contributed by atoms with Gasteiger partial charge in [-0.2, -0.15) is 0 Å². The van der Waals surface area contributed by atoms with E-state index in [1.54, 1.807) is 23.7 Å². The van der Waals surface area contributed by atoms with Crippen LogP contribution < -0.4 is 4.74 Å². The number of non-ortho nitro benzene ring substituents is 1. The number of imidazole rings is 1. The van der Waals surface area contributed by atoms with Crippen LogP contribution in [-0.4, -0.2) is 32.5 Å². The highest BCUT2D eigenvalue weighted by Gasteiger charge is 2.19. The lowest BCUT2D eigenvalue weighted by Gasteiger charge is -2.07. The molecule has 3 heterocycles. The molecular formula is C21H19FN4O5S. The first-order valence-corrected chi connectivity index (χ1v) is 10.3. The molecule has 0 radical (unpaired) electrons. The van der Waals surface area contributed by atoms with Gasteiger partial charge in [0.1, 0.15) is 11.4 Å². The summed E-state index contributed by atoms with van der Waals surface area (Å²) in [6, 6.07) is 6.52. The van der Waals surface area contributed by atoms with Gasteiger partial charge in [0.05, 0.1) is 39.4 Å². The summed E-state index contributed by atoms with van der Waals surface area (Å²) < 4.78 is 26.9. The molecule has 3 aromatic heterocycles. The lowest BCUT2D eigenvalue weighted by Crippen LogP contribution is -2.07. The van der Waals surface area contributed by atoms with E-state index in [1.807, 2.05) is 13.8 Å². The van der Waals surface area contributed by atoms with Gasteiger partial charge in [-0.15, -0.1) is 11.3 Å². The average Bonchev–Trinajstić information content (AvgIpc) is 3.39. The summed E-state index contributed by atoms with van der Waals surface area (Å²) in [4.78, 5) is 31.2. The van der Waals surface area contributed by atoms with Gasteiger partial charge in [0.25, 0.3) is 5.69 Å². The third-order valence-electron chi connectivity index (χ3n) is 4.33. The van der Waals surface area contributed by atoms with Gasteiger partial charge < -0.3 is 14.0 Å². The summed E-state index contributed by atoms with van der Waals surface area (Å²) in [5, 5.41) is 10.8. The number of fused-ring (bicyclic) bond motifs is 1. The molecule has 1 aromatic carbocycles. The fraction of sp³-hybridized carbons (Fsp3) is 0.190. The number of rotatable bonds is 5. The minimum absolute atomic E-state index is 0.145. The number of nitro benzene ring substituents is 1. The largest absolute Gasteiger partial charge is 0.464 e. The van der Waals surface area contributed by atoms with E-state index in [2.05, 4.69) is 9.97 Å². The maximum atomic E-state index is 14.2. The number of methoxy groups -OCH3 is 1. The number of hydrogen-bond acceptors (Lipinski definition) is 8. The molecular weight excluding hydrogens is 439 g/mol. The Balaban J connectivity index is 0.00000141. The van der Waals surface area contributed by atoms with Crippen molar-refractivity contribution in [1.82, 2.24) is 14.5 Å². The number of carbonyl (C=O) groups is 1. The van der Waals surface area contributed by atoms with E-state index < -0.39 is 16.7 Å². The van der Waals surface area contributed by atoms with Crippen molar-refractivity contribution in [3.05, 3.63) is 64.4 Å². The highest BCUT2D eigenvalue weighted by molar-refractivity contribution is 7.22. The summed E-state index contributed by atoms with van der Waals surface area (Å²) >= 11 is 1.30. The Kier molecular flexibility index (Phi) is 6.79. The summed E-state index contributed by atoms with van der Waals surface area (Å²) in [5.41, 5.74) is 0.522. The van der Waals surface area contributed by atoms with Crippen molar-refractivity contribution in [2.45, 2.75) is 13.8 Å². The fourth-order valence-corrected chi connectivity index (χ4v) is 3.94. The predicted molar refractivity (Wildman–Crippen MR) is 118 cm³/mol. The number of hydrogen-bond donors (Lipinski definition) is 0. The van der Waals surface area contributed by atoms with Crippen molar-refractivity contribution in [2.24, 2.45) is 7.05 Å². The number of carbonyl (C=O) groups excluding carboxylic acids is 1. The van der Waals surface area contributed by atoms with E-state index in [0.29, 0.717) is 27.5 Å². The van der Waals surface area contributed by atoms with Crippen LogP contribution in [0.4, 0.5) is 10.1 Å². The first-order chi connectivity index (χ1) is 15.4. The molecule has 0 saturated heterocycles. The van der Waals surface area contributed by atoms with E-state index in [4.69, 9.17) is 9.47 Å². The second kappa shape index (κ2) is 9.52. The lowest BCUT2D eigenvalue weighted by molar-refractivity contribution is -0.385. The van der Waals surface area contributed by atoms with Gasteiger partial charge in [0.15, 0.2) is 17.4 Å². The predicted octanol–water partition coefficient (Wildman–Crippen LogP) is 5.35. The second-order valence-electron chi connectivity index (χ2n) is 6.13. The first kappa shape index (κ1) is 22.8. The quantitative estimate of drug-likeness (QED) is 0.225. The maximum absolute atomic E-state index is 14.2. The average molecular weight is 458 g/mol. The van der Waals surface area contributed by atoms with Gasteiger partial charge in [-0.05, 0) is 12.1 Å². The topological polar surface area (TPSA) is 109 Å². The molecule has 0 amide bonds. The zero-order chi connectivity index (χ0) is 23.4. The van der Waals surface area contributed by atoms with Gasteiger partial charge in [-0.1, -0.05) is 13.8 Å². The number of pyridine rings is 1. The molecule has 4 rings (SSSR count). The van der Waals surface area contributed by atoms with Gasteiger partial charge in [-0.25, -0.2) is 14.2 Å². The number of nitrogens with zero attached hydrogens (tertiary/aromatic N) is 4. The van der Waals surface area contributed by atoms with Crippen LogP contribution in [0.5, 0.6) is 11.5 Å². The molecule has 0 N–H and O–H groups in total. The standard InChI is InChI=1S/C19H13FN4O5S.C2H6/c1-23-13(19(25)28-2)9-22-18(23)16-8-12-17(30-16)15(5-6-21-12)29-14-4-3-10(24(26)27)7-11(14)20;1-2/h3-9H,1-2H3;1-2H3. The highest BCUT2D eigenvalue weighted by Crippen LogP contribution is 2.39. The molecule has 32 heavy (non-hydrogen) atoms. The smallest absolute Gasteiger partial charge is 0.356 e. The molecule has 0 aliphatic rings. The van der Waals surface area contributed by atoms with Gasteiger partial charge in [-0.3, -0.25) is 15.1 Å². The minimum atomic E-state index is -0.849. The van der Waals surface area contributed by atoms with Crippen LogP contribution in [0, 0.1) is 15.9 Å². The number of benzene rings is 1. The Hall–Kier alpha value is -3.86. The molecule has 0 atom stereocenters. The van der Waals surface area contributed by atoms with Crippen LogP contribution in [0.3, 0.4) is 0 Å². The summed E-state index contributed by atoms with van der Waals surface area (Å²) in [6.45, 7) is 4.00. The Labute approximate surface area is 186 Å².